The first-order valence-corrected chi connectivity index (χ1v) is 10.7. The molecule has 0 saturated carbocycles. The maximum Gasteiger partial charge on any atom is 0.269 e. The van der Waals surface area contributed by atoms with Gasteiger partial charge in [-0.3, -0.25) is 24.8 Å². The highest BCUT2D eigenvalue weighted by atomic mass is 16.6. The second-order valence-corrected chi connectivity index (χ2v) is 7.51. The summed E-state index contributed by atoms with van der Waals surface area (Å²) in [6.45, 7) is 5.87. The van der Waals surface area contributed by atoms with Crippen molar-refractivity contribution >= 4 is 17.6 Å². The number of non-ortho nitro benzene ring substituents is 1. The Morgan fingerprint density at radius 3 is 2.53 bits per heavy atom. The standard InChI is InChI=1S/C21H34N6O3/c1-3-23-21(25-18-11-14-26(15-12-18)16-20(28)22-2)24-13-5-4-6-17-7-9-19(10-8-17)27(29)30/h7-10,18H,3-6,11-16H2,1-2H3,(H,22,28)(H2,23,24,25). The molecule has 1 amide bonds. The second kappa shape index (κ2) is 12.8. The number of rotatable bonds is 10. The van der Waals surface area contributed by atoms with Gasteiger partial charge in [0.05, 0.1) is 11.5 Å². The molecule has 1 fully saturated rings. The first-order valence-electron chi connectivity index (χ1n) is 10.7. The molecule has 0 aromatic heterocycles. The van der Waals surface area contributed by atoms with E-state index in [1.54, 1.807) is 19.2 Å². The summed E-state index contributed by atoms with van der Waals surface area (Å²) in [5.74, 6) is 0.905. The lowest BCUT2D eigenvalue weighted by molar-refractivity contribution is -0.384. The number of likely N-dealkylation sites (tertiary alicyclic amines) is 1. The van der Waals surface area contributed by atoms with Crippen molar-refractivity contribution in [3.05, 3.63) is 39.9 Å². The van der Waals surface area contributed by atoms with Gasteiger partial charge in [0, 0.05) is 51.4 Å². The maximum absolute atomic E-state index is 11.5. The number of guanidine groups is 1. The number of likely N-dealkylation sites (N-methyl/N-ethyl adjacent to an activating group) is 1. The molecular weight excluding hydrogens is 384 g/mol. The highest BCUT2D eigenvalue weighted by Crippen LogP contribution is 2.14. The van der Waals surface area contributed by atoms with Crippen LogP contribution in [-0.4, -0.2) is 67.5 Å². The van der Waals surface area contributed by atoms with Crippen LogP contribution in [0.4, 0.5) is 5.69 Å². The van der Waals surface area contributed by atoms with Gasteiger partial charge in [-0.15, -0.1) is 0 Å². The molecule has 0 bridgehead atoms. The Labute approximate surface area is 178 Å². The van der Waals surface area contributed by atoms with Crippen LogP contribution in [-0.2, 0) is 11.2 Å². The Kier molecular flexibility index (Phi) is 10.1. The van der Waals surface area contributed by atoms with Crippen molar-refractivity contribution in [2.24, 2.45) is 4.99 Å². The molecule has 9 nitrogen and oxygen atoms in total. The summed E-state index contributed by atoms with van der Waals surface area (Å²) in [5.41, 5.74) is 1.24. The highest BCUT2D eigenvalue weighted by Gasteiger charge is 2.21. The molecule has 1 heterocycles. The van der Waals surface area contributed by atoms with Crippen LogP contribution in [0.25, 0.3) is 0 Å². The molecule has 1 aliphatic heterocycles. The van der Waals surface area contributed by atoms with E-state index < -0.39 is 0 Å². The van der Waals surface area contributed by atoms with E-state index in [0.717, 1.165) is 69.8 Å². The van der Waals surface area contributed by atoms with Gasteiger partial charge in [0.2, 0.25) is 5.91 Å². The fraction of sp³-hybridized carbons (Fsp3) is 0.619. The number of hydrogen-bond donors (Lipinski definition) is 3. The van der Waals surface area contributed by atoms with Crippen molar-refractivity contribution in [3.63, 3.8) is 0 Å². The number of amides is 1. The summed E-state index contributed by atoms with van der Waals surface area (Å²) in [6, 6.07) is 7.12. The molecule has 0 aliphatic carbocycles. The van der Waals surface area contributed by atoms with Crippen molar-refractivity contribution in [2.45, 2.75) is 45.1 Å². The molecular formula is C21H34N6O3. The average Bonchev–Trinajstić information content (AvgIpc) is 2.75. The summed E-state index contributed by atoms with van der Waals surface area (Å²) in [6.07, 6.45) is 4.81. The van der Waals surface area contributed by atoms with Gasteiger partial charge in [-0.05, 0) is 44.6 Å². The molecule has 0 atom stereocenters. The molecule has 1 aromatic carbocycles. The summed E-state index contributed by atoms with van der Waals surface area (Å²) < 4.78 is 0. The van der Waals surface area contributed by atoms with Crippen LogP contribution in [0, 0.1) is 10.1 Å². The van der Waals surface area contributed by atoms with Gasteiger partial charge >= 0.3 is 0 Å². The number of nitrogens with one attached hydrogen (secondary N) is 3. The number of hydrogen-bond acceptors (Lipinski definition) is 5. The largest absolute Gasteiger partial charge is 0.358 e. The number of nitro groups is 1. The first kappa shape index (κ1) is 23.6. The van der Waals surface area contributed by atoms with Gasteiger partial charge < -0.3 is 16.0 Å². The number of nitrogens with zero attached hydrogens (tertiary/aromatic N) is 3. The fourth-order valence-electron chi connectivity index (χ4n) is 3.45. The highest BCUT2D eigenvalue weighted by molar-refractivity contribution is 5.80. The van der Waals surface area contributed by atoms with Crippen molar-refractivity contribution in [2.75, 3.05) is 39.8 Å². The molecule has 0 unspecified atom stereocenters. The van der Waals surface area contributed by atoms with Gasteiger partial charge in [-0.2, -0.15) is 0 Å². The zero-order valence-corrected chi connectivity index (χ0v) is 18.0. The summed E-state index contributed by atoms with van der Waals surface area (Å²) in [4.78, 5) is 28.7. The lowest BCUT2D eigenvalue weighted by Gasteiger charge is -2.32. The fourth-order valence-corrected chi connectivity index (χ4v) is 3.45. The van der Waals surface area contributed by atoms with E-state index in [4.69, 9.17) is 0 Å². The van der Waals surface area contributed by atoms with Crippen molar-refractivity contribution in [1.29, 1.82) is 0 Å². The second-order valence-electron chi connectivity index (χ2n) is 7.51. The SMILES string of the molecule is CCNC(=NCCCCc1ccc([N+](=O)[O-])cc1)NC1CCN(CC(=O)NC)CC1. The zero-order valence-electron chi connectivity index (χ0n) is 18.0. The smallest absolute Gasteiger partial charge is 0.269 e. The lowest BCUT2D eigenvalue weighted by Crippen LogP contribution is -2.50. The molecule has 9 heteroatoms. The number of carbonyl (C=O) groups is 1. The number of aryl methyl sites for hydroxylation is 1. The zero-order chi connectivity index (χ0) is 21.8. The number of carbonyl (C=O) groups excluding carboxylic acids is 1. The van der Waals surface area contributed by atoms with Crippen LogP contribution >= 0.6 is 0 Å². The maximum atomic E-state index is 11.5. The molecule has 1 saturated heterocycles. The summed E-state index contributed by atoms with van der Waals surface area (Å²) in [5, 5.41) is 20.2. The van der Waals surface area contributed by atoms with E-state index in [9.17, 15) is 14.9 Å². The number of benzene rings is 1. The lowest BCUT2D eigenvalue weighted by atomic mass is 10.1. The van der Waals surface area contributed by atoms with Crippen molar-refractivity contribution in [3.8, 4) is 0 Å². The summed E-state index contributed by atoms with van der Waals surface area (Å²) >= 11 is 0. The quantitative estimate of drug-likeness (QED) is 0.175. The van der Waals surface area contributed by atoms with Crippen molar-refractivity contribution in [1.82, 2.24) is 20.9 Å². The van der Waals surface area contributed by atoms with E-state index >= 15 is 0 Å². The Bertz CT molecular complexity index is 699. The summed E-state index contributed by atoms with van der Waals surface area (Å²) in [7, 11) is 1.67. The van der Waals surface area contributed by atoms with Crippen LogP contribution in [0.15, 0.2) is 29.3 Å². The van der Waals surface area contributed by atoms with E-state index in [-0.39, 0.29) is 16.5 Å². The van der Waals surface area contributed by atoms with Crippen LogP contribution in [0.2, 0.25) is 0 Å². The minimum Gasteiger partial charge on any atom is -0.358 e. The minimum absolute atomic E-state index is 0.0602. The molecule has 2 rings (SSSR count). The van der Waals surface area contributed by atoms with Crippen LogP contribution in [0.1, 0.15) is 38.2 Å². The van der Waals surface area contributed by atoms with E-state index in [2.05, 4.69) is 32.8 Å². The minimum atomic E-state index is -0.375. The Hall–Kier alpha value is -2.68. The average molecular weight is 419 g/mol. The number of nitro benzene ring substituents is 1. The van der Waals surface area contributed by atoms with Crippen molar-refractivity contribution < 1.29 is 9.72 Å². The molecule has 3 N–H and O–H groups in total. The van der Waals surface area contributed by atoms with Crippen LogP contribution in [0.3, 0.4) is 0 Å². The van der Waals surface area contributed by atoms with Gasteiger partial charge in [-0.25, -0.2) is 0 Å². The molecule has 1 aliphatic rings. The van der Waals surface area contributed by atoms with Gasteiger partial charge in [0.1, 0.15) is 0 Å². The molecule has 0 radical (unpaired) electrons. The number of aliphatic imine (C=N–C) groups is 1. The van der Waals surface area contributed by atoms with Crippen LogP contribution in [0.5, 0.6) is 0 Å². The number of piperidine rings is 1. The Balaban J connectivity index is 1.70. The molecule has 1 aromatic rings. The molecule has 30 heavy (non-hydrogen) atoms. The van der Waals surface area contributed by atoms with Crippen LogP contribution < -0.4 is 16.0 Å². The van der Waals surface area contributed by atoms with Gasteiger partial charge in [0.15, 0.2) is 5.96 Å². The number of unbranched alkanes of at least 4 members (excludes halogenated alkanes) is 1. The van der Waals surface area contributed by atoms with E-state index in [0.29, 0.717) is 12.6 Å². The Morgan fingerprint density at radius 1 is 1.23 bits per heavy atom. The molecule has 0 spiro atoms. The third-order valence-electron chi connectivity index (χ3n) is 5.21. The van der Waals surface area contributed by atoms with E-state index in [1.165, 1.54) is 0 Å². The van der Waals surface area contributed by atoms with E-state index in [1.807, 2.05) is 12.1 Å². The monoisotopic (exact) mass is 418 g/mol. The van der Waals surface area contributed by atoms with Gasteiger partial charge in [-0.1, -0.05) is 12.1 Å². The predicted molar refractivity (Wildman–Crippen MR) is 119 cm³/mol. The molecule has 166 valence electrons. The normalized spacial score (nSPS) is 15.6. The first-order chi connectivity index (χ1) is 14.5. The third-order valence-corrected chi connectivity index (χ3v) is 5.21. The Morgan fingerprint density at radius 2 is 1.93 bits per heavy atom. The van der Waals surface area contributed by atoms with Gasteiger partial charge in [0.25, 0.3) is 5.69 Å². The third kappa shape index (κ3) is 8.36. The topological polar surface area (TPSA) is 112 Å². The predicted octanol–water partition coefficient (Wildman–Crippen LogP) is 1.68.